The number of benzene rings is 1. The average Bonchev–Trinajstić information content (AvgIpc) is 2.47. The number of hydrogen-bond acceptors (Lipinski definition) is 3. The van der Waals surface area contributed by atoms with Crippen molar-refractivity contribution < 1.29 is 4.79 Å². The number of nitrogens with two attached hydrogens (primary N) is 1. The number of aromatic amines is 1. The minimum absolute atomic E-state index is 0.134. The van der Waals surface area contributed by atoms with Crippen LogP contribution in [0, 0.1) is 0 Å². The van der Waals surface area contributed by atoms with Gasteiger partial charge in [0, 0.05) is 36.6 Å². The van der Waals surface area contributed by atoms with Gasteiger partial charge < -0.3 is 15.6 Å². The Morgan fingerprint density at radius 1 is 1.30 bits per heavy atom. The Morgan fingerprint density at radius 2 is 2.15 bits per heavy atom. The van der Waals surface area contributed by atoms with Crippen LogP contribution >= 0.6 is 0 Å². The fourth-order valence-electron chi connectivity index (χ4n) is 2.54. The molecule has 0 spiro atoms. The summed E-state index contributed by atoms with van der Waals surface area (Å²) in [5.74, 6) is -0.134. The van der Waals surface area contributed by atoms with Crippen molar-refractivity contribution in [2.24, 2.45) is 0 Å². The molecule has 5 heteroatoms. The van der Waals surface area contributed by atoms with Crippen LogP contribution in [0.1, 0.15) is 21.5 Å². The molecule has 0 saturated heterocycles. The first-order chi connectivity index (χ1) is 9.65. The summed E-state index contributed by atoms with van der Waals surface area (Å²) in [6.07, 6.45) is 2.27. The molecule has 1 aromatic carbocycles. The molecule has 0 unspecified atom stereocenters. The molecule has 3 rings (SSSR count). The topological polar surface area (TPSA) is 79.2 Å². The van der Waals surface area contributed by atoms with Crippen molar-refractivity contribution in [3.8, 4) is 0 Å². The average molecular weight is 269 g/mol. The molecule has 0 aliphatic carbocycles. The number of nitrogens with zero attached hydrogens (tertiary/aromatic N) is 1. The number of aromatic nitrogens is 1. The maximum absolute atomic E-state index is 12.4. The third kappa shape index (κ3) is 2.18. The molecule has 0 fully saturated rings. The molecule has 1 aliphatic rings. The number of pyridine rings is 1. The van der Waals surface area contributed by atoms with Crippen LogP contribution in [0.3, 0.4) is 0 Å². The Hall–Kier alpha value is -2.56. The van der Waals surface area contributed by atoms with Crippen molar-refractivity contribution in [2.75, 3.05) is 12.3 Å². The number of carbonyl (C=O) groups excluding carboxylic acids is 1. The van der Waals surface area contributed by atoms with Gasteiger partial charge in [-0.15, -0.1) is 0 Å². The number of carbonyl (C=O) groups is 1. The van der Waals surface area contributed by atoms with E-state index in [0.29, 0.717) is 24.3 Å². The van der Waals surface area contributed by atoms with Gasteiger partial charge in [-0.25, -0.2) is 0 Å². The molecule has 20 heavy (non-hydrogen) atoms. The van der Waals surface area contributed by atoms with Gasteiger partial charge in [0.15, 0.2) is 0 Å². The van der Waals surface area contributed by atoms with Crippen molar-refractivity contribution in [2.45, 2.75) is 13.0 Å². The second-order valence-electron chi connectivity index (χ2n) is 4.90. The van der Waals surface area contributed by atoms with E-state index >= 15 is 0 Å². The van der Waals surface area contributed by atoms with Crippen molar-refractivity contribution in [1.82, 2.24) is 9.88 Å². The largest absolute Gasteiger partial charge is 0.398 e. The van der Waals surface area contributed by atoms with Gasteiger partial charge >= 0.3 is 0 Å². The molecule has 2 heterocycles. The summed E-state index contributed by atoms with van der Waals surface area (Å²) in [6.45, 7) is 1.13. The number of anilines is 1. The lowest BCUT2D eigenvalue weighted by Gasteiger charge is -2.29. The van der Waals surface area contributed by atoms with Crippen LogP contribution in [-0.4, -0.2) is 22.3 Å². The Bertz CT molecular complexity index is 721. The second-order valence-corrected chi connectivity index (χ2v) is 4.90. The third-order valence-corrected chi connectivity index (χ3v) is 3.62. The Balaban J connectivity index is 1.89. The van der Waals surface area contributed by atoms with Crippen LogP contribution in [0.4, 0.5) is 5.69 Å². The van der Waals surface area contributed by atoms with Crippen LogP contribution < -0.4 is 11.3 Å². The summed E-state index contributed by atoms with van der Waals surface area (Å²) in [5, 5.41) is 0. The van der Waals surface area contributed by atoms with Gasteiger partial charge in [0.2, 0.25) is 5.56 Å². The van der Waals surface area contributed by atoms with Crippen LogP contribution in [-0.2, 0) is 13.0 Å². The van der Waals surface area contributed by atoms with Gasteiger partial charge in [-0.2, -0.15) is 0 Å². The van der Waals surface area contributed by atoms with E-state index in [4.69, 9.17) is 5.73 Å². The first-order valence-corrected chi connectivity index (χ1v) is 6.49. The maximum Gasteiger partial charge on any atom is 0.254 e. The Kier molecular flexibility index (Phi) is 3.02. The number of nitrogen functional groups attached to an aromatic ring is 1. The van der Waals surface area contributed by atoms with E-state index in [-0.39, 0.29) is 11.5 Å². The highest BCUT2D eigenvalue weighted by Gasteiger charge is 2.23. The second kappa shape index (κ2) is 4.85. The van der Waals surface area contributed by atoms with Gasteiger partial charge in [0.25, 0.3) is 5.91 Å². The number of amides is 1. The molecule has 1 aliphatic heterocycles. The Labute approximate surface area is 116 Å². The highest BCUT2D eigenvalue weighted by atomic mass is 16.2. The zero-order chi connectivity index (χ0) is 14.1. The van der Waals surface area contributed by atoms with Gasteiger partial charge in [-0.1, -0.05) is 12.1 Å². The molecule has 0 radical (unpaired) electrons. The lowest BCUT2D eigenvalue weighted by molar-refractivity contribution is 0.0735. The zero-order valence-electron chi connectivity index (χ0n) is 10.9. The van der Waals surface area contributed by atoms with E-state index in [1.165, 1.54) is 17.8 Å². The normalized spacial score (nSPS) is 13.9. The lowest BCUT2D eigenvalue weighted by Crippen LogP contribution is -2.36. The molecule has 5 nitrogen and oxygen atoms in total. The van der Waals surface area contributed by atoms with Crippen LogP contribution in [0.25, 0.3) is 0 Å². The van der Waals surface area contributed by atoms with Crippen molar-refractivity contribution >= 4 is 11.6 Å². The van der Waals surface area contributed by atoms with Crippen LogP contribution in [0.15, 0.2) is 41.3 Å². The van der Waals surface area contributed by atoms with E-state index in [0.717, 1.165) is 12.0 Å². The Morgan fingerprint density at radius 3 is 2.95 bits per heavy atom. The molecule has 2 aromatic rings. The summed E-state index contributed by atoms with van der Waals surface area (Å²) in [6, 6.07) is 8.77. The first-order valence-electron chi connectivity index (χ1n) is 6.49. The monoisotopic (exact) mass is 269 g/mol. The fraction of sp³-hybridized carbons (Fsp3) is 0.200. The van der Waals surface area contributed by atoms with Crippen LogP contribution in [0.2, 0.25) is 0 Å². The number of H-pyrrole nitrogens is 1. The smallest absolute Gasteiger partial charge is 0.254 e. The maximum atomic E-state index is 12.4. The van der Waals surface area contributed by atoms with Gasteiger partial charge in [-0.05, 0) is 29.7 Å². The lowest BCUT2D eigenvalue weighted by atomic mass is 9.97. The number of nitrogens with one attached hydrogen (secondary N) is 1. The minimum Gasteiger partial charge on any atom is -0.398 e. The summed E-state index contributed by atoms with van der Waals surface area (Å²) in [4.78, 5) is 27.9. The molecule has 1 aromatic heterocycles. The summed E-state index contributed by atoms with van der Waals surface area (Å²) in [5.41, 5.74) is 9.03. The van der Waals surface area contributed by atoms with Crippen LogP contribution in [0.5, 0.6) is 0 Å². The molecular formula is C15H15N3O2. The predicted octanol–water partition coefficient (Wildman–Crippen LogP) is 1.16. The highest BCUT2D eigenvalue weighted by molar-refractivity contribution is 5.94. The molecule has 0 bridgehead atoms. The molecule has 0 atom stereocenters. The van der Waals surface area contributed by atoms with E-state index in [1.807, 2.05) is 18.2 Å². The molecule has 102 valence electrons. The van der Waals surface area contributed by atoms with E-state index in [2.05, 4.69) is 4.98 Å². The quantitative estimate of drug-likeness (QED) is 0.762. The van der Waals surface area contributed by atoms with E-state index in [9.17, 15) is 9.59 Å². The standard InChI is InChI=1S/C15H15N3O2/c16-13-3-1-2-10-5-7-18(9-12(10)13)15(20)11-4-6-17-14(19)8-11/h1-4,6,8H,5,7,9,16H2,(H,17,19). The minimum atomic E-state index is -0.271. The first kappa shape index (κ1) is 12.5. The van der Waals surface area contributed by atoms with Gasteiger partial charge in [0.1, 0.15) is 0 Å². The molecule has 3 N–H and O–H groups in total. The van der Waals surface area contributed by atoms with Crippen molar-refractivity contribution in [1.29, 1.82) is 0 Å². The van der Waals surface area contributed by atoms with E-state index < -0.39 is 0 Å². The number of hydrogen-bond donors (Lipinski definition) is 2. The van der Waals surface area contributed by atoms with Gasteiger partial charge in [0.05, 0.1) is 0 Å². The summed E-state index contributed by atoms with van der Waals surface area (Å²) < 4.78 is 0. The SMILES string of the molecule is Nc1cccc2c1CN(C(=O)c1cc[nH]c(=O)c1)CC2. The summed E-state index contributed by atoms with van der Waals surface area (Å²) in [7, 11) is 0. The number of rotatable bonds is 1. The highest BCUT2D eigenvalue weighted by Crippen LogP contribution is 2.25. The zero-order valence-corrected chi connectivity index (χ0v) is 10.9. The fourth-order valence-corrected chi connectivity index (χ4v) is 2.54. The van der Waals surface area contributed by atoms with Gasteiger partial charge in [-0.3, -0.25) is 9.59 Å². The number of fused-ring (bicyclic) bond motifs is 1. The van der Waals surface area contributed by atoms with Crippen molar-refractivity contribution in [3.05, 3.63) is 63.6 Å². The molecular weight excluding hydrogens is 254 g/mol. The third-order valence-electron chi connectivity index (χ3n) is 3.62. The summed E-state index contributed by atoms with van der Waals surface area (Å²) >= 11 is 0. The van der Waals surface area contributed by atoms with E-state index in [1.54, 1.807) is 11.0 Å². The molecule has 0 saturated carbocycles. The van der Waals surface area contributed by atoms with Crippen molar-refractivity contribution in [3.63, 3.8) is 0 Å². The molecule has 1 amide bonds. The predicted molar refractivity (Wildman–Crippen MR) is 76.4 cm³/mol.